The monoisotopic (exact) mass is 285 g/mol. The number of hydrogen-bond donors (Lipinski definition) is 2. The summed E-state index contributed by atoms with van der Waals surface area (Å²) in [6.45, 7) is 5.22. The van der Waals surface area contributed by atoms with Crippen LogP contribution in [0.15, 0.2) is 0 Å². The number of carboxylic acids is 1. The number of unbranched alkanes of at least 4 members (excludes halogenated alkanes) is 1. The molecule has 114 valence electrons. The molecule has 0 spiro atoms. The molecule has 3 atom stereocenters. The first-order valence-corrected chi connectivity index (χ1v) is 6.89. The number of carboxylic acid groups (broad SMARTS) is 1. The fourth-order valence-electron chi connectivity index (χ4n) is 2.07. The molecule has 0 unspecified atom stereocenters. The highest BCUT2D eigenvalue weighted by Crippen LogP contribution is 2.38. The minimum Gasteiger partial charge on any atom is -0.480 e. The molecule has 6 heteroatoms. The predicted octanol–water partition coefficient (Wildman–Crippen LogP) is 1.97. The van der Waals surface area contributed by atoms with Crippen LogP contribution < -0.4 is 5.32 Å². The van der Waals surface area contributed by atoms with Gasteiger partial charge < -0.3 is 20.0 Å². The molecule has 1 amide bonds. The van der Waals surface area contributed by atoms with Gasteiger partial charge in [-0.2, -0.15) is 0 Å². The number of hydrogen-bond acceptors (Lipinski definition) is 4. The number of carbonyl (C=O) groups excluding carboxylic acids is 2. The average Bonchev–Trinajstić information content (AvgIpc) is 3.03. The van der Waals surface area contributed by atoms with E-state index in [9.17, 15) is 14.4 Å². The molecule has 0 aliphatic heterocycles. The highest BCUT2D eigenvalue weighted by molar-refractivity contribution is 5.80. The van der Waals surface area contributed by atoms with Crippen LogP contribution >= 0.6 is 0 Å². The predicted molar refractivity (Wildman–Crippen MR) is 72.3 cm³/mol. The van der Waals surface area contributed by atoms with E-state index in [1.54, 1.807) is 20.8 Å². The Kier molecular flexibility index (Phi) is 5.53. The van der Waals surface area contributed by atoms with E-state index in [4.69, 9.17) is 9.84 Å². The second-order valence-corrected chi connectivity index (χ2v) is 6.32. The zero-order chi connectivity index (χ0) is 15.3. The molecule has 1 aliphatic rings. The zero-order valence-electron chi connectivity index (χ0n) is 12.2. The standard InChI is InChI=1S/C14H23NO5/c1-14(2,3)11(12(17)18)15-13(19)20-10-8-9(10)6-4-5-7-16/h7,9-11H,4-6,8H2,1-3H3,(H,15,19)(H,17,18)/t9-,10-,11-/m1/s1. The molecule has 2 N–H and O–H groups in total. The quantitative estimate of drug-likeness (QED) is 0.551. The molecule has 0 radical (unpaired) electrons. The molecule has 0 saturated heterocycles. The summed E-state index contributed by atoms with van der Waals surface area (Å²) in [7, 11) is 0. The van der Waals surface area contributed by atoms with E-state index in [2.05, 4.69) is 5.32 Å². The molecule has 1 aliphatic carbocycles. The molecular weight excluding hydrogens is 262 g/mol. The van der Waals surface area contributed by atoms with Crippen molar-refractivity contribution >= 4 is 18.3 Å². The van der Waals surface area contributed by atoms with Crippen molar-refractivity contribution in [2.45, 2.75) is 58.6 Å². The van der Waals surface area contributed by atoms with Crippen LogP contribution in [0, 0.1) is 11.3 Å². The van der Waals surface area contributed by atoms with Gasteiger partial charge in [0, 0.05) is 6.42 Å². The molecule has 0 aromatic carbocycles. The second-order valence-electron chi connectivity index (χ2n) is 6.32. The number of amides is 1. The van der Waals surface area contributed by atoms with Crippen molar-refractivity contribution in [2.75, 3.05) is 0 Å². The number of aldehydes is 1. The highest BCUT2D eigenvalue weighted by atomic mass is 16.6. The Morgan fingerprint density at radius 3 is 2.60 bits per heavy atom. The van der Waals surface area contributed by atoms with Crippen LogP contribution in [-0.4, -0.2) is 35.6 Å². The van der Waals surface area contributed by atoms with Gasteiger partial charge in [0.2, 0.25) is 0 Å². The molecule has 1 fully saturated rings. The number of alkyl carbamates (subject to hydrolysis) is 1. The Hall–Kier alpha value is -1.59. The second kappa shape index (κ2) is 6.72. The topological polar surface area (TPSA) is 92.7 Å². The summed E-state index contributed by atoms with van der Waals surface area (Å²) in [6.07, 6.45) is 3.03. The number of aliphatic carboxylic acids is 1. The summed E-state index contributed by atoms with van der Waals surface area (Å²) in [5, 5.41) is 11.5. The Bertz CT molecular complexity index is 374. The Labute approximate surface area is 118 Å². The van der Waals surface area contributed by atoms with Gasteiger partial charge in [0.1, 0.15) is 18.4 Å². The Balaban J connectivity index is 2.34. The number of nitrogens with one attached hydrogen (secondary N) is 1. The van der Waals surface area contributed by atoms with Crippen LogP contribution in [0.4, 0.5) is 4.79 Å². The van der Waals surface area contributed by atoms with Crippen LogP contribution in [0.5, 0.6) is 0 Å². The molecule has 0 bridgehead atoms. The first kappa shape index (κ1) is 16.5. The minimum absolute atomic E-state index is 0.143. The van der Waals surface area contributed by atoms with Crippen molar-refractivity contribution < 1.29 is 24.2 Å². The maximum absolute atomic E-state index is 11.7. The largest absolute Gasteiger partial charge is 0.480 e. The SMILES string of the molecule is CC(C)(C)[C@H](NC(=O)O[C@@H]1C[C@H]1CCCC=O)C(=O)O. The minimum atomic E-state index is -1.08. The first-order chi connectivity index (χ1) is 9.25. The third-order valence-corrected chi connectivity index (χ3v) is 3.39. The Morgan fingerprint density at radius 1 is 1.45 bits per heavy atom. The number of rotatable bonds is 7. The van der Waals surface area contributed by atoms with Gasteiger partial charge in [0.15, 0.2) is 0 Å². The van der Waals surface area contributed by atoms with Crippen molar-refractivity contribution in [3.63, 3.8) is 0 Å². The van der Waals surface area contributed by atoms with Crippen LogP contribution in [0.2, 0.25) is 0 Å². The summed E-state index contributed by atoms with van der Waals surface area (Å²) in [4.78, 5) is 33.0. The van der Waals surface area contributed by atoms with Gasteiger partial charge in [-0.05, 0) is 30.6 Å². The van der Waals surface area contributed by atoms with Gasteiger partial charge in [0.25, 0.3) is 0 Å². The maximum Gasteiger partial charge on any atom is 0.408 e. The summed E-state index contributed by atoms with van der Waals surface area (Å²) < 4.78 is 5.18. The lowest BCUT2D eigenvalue weighted by Gasteiger charge is -2.27. The zero-order valence-corrected chi connectivity index (χ0v) is 12.2. The first-order valence-electron chi connectivity index (χ1n) is 6.89. The van der Waals surface area contributed by atoms with E-state index in [1.165, 1.54) is 0 Å². The van der Waals surface area contributed by atoms with Crippen LogP contribution in [0.3, 0.4) is 0 Å². The van der Waals surface area contributed by atoms with Crippen molar-refractivity contribution in [1.29, 1.82) is 0 Å². The highest BCUT2D eigenvalue weighted by Gasteiger charge is 2.41. The molecule has 0 heterocycles. The van der Waals surface area contributed by atoms with Crippen LogP contribution in [-0.2, 0) is 14.3 Å². The van der Waals surface area contributed by atoms with Gasteiger partial charge in [0.05, 0.1) is 0 Å². The Morgan fingerprint density at radius 2 is 2.10 bits per heavy atom. The van der Waals surface area contributed by atoms with E-state index in [0.29, 0.717) is 12.3 Å². The van der Waals surface area contributed by atoms with Crippen LogP contribution in [0.1, 0.15) is 46.5 Å². The van der Waals surface area contributed by atoms with Gasteiger partial charge >= 0.3 is 12.1 Å². The van der Waals surface area contributed by atoms with Crippen molar-refractivity contribution in [3.05, 3.63) is 0 Å². The summed E-state index contributed by atoms with van der Waals surface area (Å²) in [5.41, 5.74) is -0.586. The third kappa shape index (κ3) is 5.19. The maximum atomic E-state index is 11.7. The van der Waals surface area contributed by atoms with Gasteiger partial charge in [-0.25, -0.2) is 9.59 Å². The van der Waals surface area contributed by atoms with Crippen LogP contribution in [0.25, 0.3) is 0 Å². The van der Waals surface area contributed by atoms with Gasteiger partial charge in [-0.1, -0.05) is 20.8 Å². The molecule has 6 nitrogen and oxygen atoms in total. The summed E-state index contributed by atoms with van der Waals surface area (Å²) in [5.74, 6) is -0.772. The fourth-order valence-corrected chi connectivity index (χ4v) is 2.07. The fraction of sp³-hybridized carbons (Fsp3) is 0.786. The average molecular weight is 285 g/mol. The van der Waals surface area contributed by atoms with Crippen molar-refractivity contribution in [2.24, 2.45) is 11.3 Å². The number of carbonyl (C=O) groups is 3. The van der Waals surface area contributed by atoms with E-state index in [1.807, 2.05) is 0 Å². The smallest absolute Gasteiger partial charge is 0.408 e. The van der Waals surface area contributed by atoms with Gasteiger partial charge in [-0.3, -0.25) is 0 Å². The van der Waals surface area contributed by atoms with Crippen molar-refractivity contribution in [1.82, 2.24) is 5.32 Å². The summed E-state index contributed by atoms with van der Waals surface area (Å²) in [6, 6.07) is -0.984. The number of ether oxygens (including phenoxy) is 1. The molecule has 0 aromatic rings. The molecule has 0 aromatic heterocycles. The van der Waals surface area contributed by atoms with Gasteiger partial charge in [-0.15, -0.1) is 0 Å². The molecular formula is C14H23NO5. The third-order valence-electron chi connectivity index (χ3n) is 3.39. The lowest BCUT2D eigenvalue weighted by Crippen LogP contribution is -2.49. The van der Waals surface area contributed by atoms with E-state index in [0.717, 1.165) is 25.5 Å². The van der Waals surface area contributed by atoms with E-state index < -0.39 is 23.5 Å². The normalized spacial score (nSPS) is 22.8. The van der Waals surface area contributed by atoms with E-state index >= 15 is 0 Å². The molecule has 20 heavy (non-hydrogen) atoms. The lowest BCUT2D eigenvalue weighted by molar-refractivity contribution is -0.142. The molecule has 1 rings (SSSR count). The van der Waals surface area contributed by atoms with E-state index in [-0.39, 0.29) is 6.10 Å². The lowest BCUT2D eigenvalue weighted by atomic mass is 9.87. The summed E-state index contributed by atoms with van der Waals surface area (Å²) >= 11 is 0. The van der Waals surface area contributed by atoms with Crippen molar-refractivity contribution in [3.8, 4) is 0 Å². The molecule has 1 saturated carbocycles.